The zero-order chi connectivity index (χ0) is 21.1. The number of aromatic nitrogens is 4. The first-order valence-electron chi connectivity index (χ1n) is 11.1. The molecule has 5 heterocycles. The molecule has 0 spiro atoms. The molecule has 1 aromatic carbocycles. The van der Waals surface area contributed by atoms with E-state index < -0.39 is 6.17 Å². The number of fused-ring (bicyclic) bond motifs is 3. The van der Waals surface area contributed by atoms with Gasteiger partial charge in [0.05, 0.1) is 30.5 Å². The van der Waals surface area contributed by atoms with Gasteiger partial charge in [-0.05, 0) is 56.5 Å². The summed E-state index contributed by atoms with van der Waals surface area (Å²) in [6, 6.07) is 6.64. The average molecular weight is 459 g/mol. The second-order valence-electron chi connectivity index (χ2n) is 9.07. The monoisotopic (exact) mass is 458 g/mol. The molecule has 3 fully saturated rings. The second kappa shape index (κ2) is 8.24. The number of nitrogens with one attached hydrogen (secondary N) is 1. The molecule has 0 radical (unpaired) electrons. The third-order valence-corrected chi connectivity index (χ3v) is 6.99. The van der Waals surface area contributed by atoms with Gasteiger partial charge in [-0.15, -0.1) is 12.4 Å². The molecule has 0 amide bonds. The lowest BCUT2D eigenvalue weighted by atomic mass is 9.85. The van der Waals surface area contributed by atoms with E-state index in [1.807, 2.05) is 23.9 Å². The number of aryl methyl sites for hydroxylation is 2. The molecule has 7 nitrogen and oxygen atoms in total. The van der Waals surface area contributed by atoms with E-state index >= 15 is 0 Å². The van der Waals surface area contributed by atoms with E-state index in [1.165, 1.54) is 0 Å². The molecule has 170 valence electrons. The Morgan fingerprint density at radius 3 is 2.75 bits per heavy atom. The minimum Gasteiger partial charge on any atom is -0.374 e. The summed E-state index contributed by atoms with van der Waals surface area (Å²) in [7, 11) is 0. The zero-order valence-corrected chi connectivity index (χ0v) is 19.1. The van der Waals surface area contributed by atoms with Crippen LogP contribution in [0, 0.1) is 13.8 Å². The summed E-state index contributed by atoms with van der Waals surface area (Å²) in [6.45, 7) is 6.88. The number of hydrogen-bond acceptors (Lipinski definition) is 6. The lowest BCUT2D eigenvalue weighted by Crippen LogP contribution is -2.37. The summed E-state index contributed by atoms with van der Waals surface area (Å²) in [4.78, 5) is 11.7. The Labute approximate surface area is 192 Å². The lowest BCUT2D eigenvalue weighted by Gasteiger charge is -2.28. The van der Waals surface area contributed by atoms with Crippen LogP contribution in [0.25, 0.3) is 16.7 Å². The van der Waals surface area contributed by atoms with Crippen molar-refractivity contribution in [2.24, 2.45) is 0 Å². The Morgan fingerprint density at radius 1 is 1.16 bits per heavy atom. The molecule has 2 aromatic heterocycles. The van der Waals surface area contributed by atoms with E-state index in [0.717, 1.165) is 66.2 Å². The van der Waals surface area contributed by atoms with Gasteiger partial charge in [0, 0.05) is 30.5 Å². The van der Waals surface area contributed by atoms with E-state index in [9.17, 15) is 4.39 Å². The average Bonchev–Trinajstić information content (AvgIpc) is 3.49. The highest BCUT2D eigenvalue weighted by Gasteiger charge is 2.40. The maximum Gasteiger partial charge on any atom is 0.159 e. The van der Waals surface area contributed by atoms with E-state index in [1.54, 1.807) is 0 Å². The number of hydrogen-bond donors (Lipinski definition) is 1. The van der Waals surface area contributed by atoms with E-state index in [0.29, 0.717) is 24.5 Å². The van der Waals surface area contributed by atoms with E-state index in [2.05, 4.69) is 39.4 Å². The molecule has 9 heteroatoms. The van der Waals surface area contributed by atoms with Crippen molar-refractivity contribution < 1.29 is 9.13 Å². The van der Waals surface area contributed by atoms with Crippen molar-refractivity contribution >= 4 is 29.1 Å². The first-order chi connectivity index (χ1) is 15.1. The van der Waals surface area contributed by atoms with Crippen LogP contribution in [0.15, 0.2) is 24.4 Å². The van der Waals surface area contributed by atoms with Crippen LogP contribution in [0.3, 0.4) is 0 Å². The zero-order valence-electron chi connectivity index (χ0n) is 18.3. The number of halogens is 2. The molecule has 2 unspecified atom stereocenters. The topological polar surface area (TPSA) is 68.1 Å². The van der Waals surface area contributed by atoms with Crippen molar-refractivity contribution in [3.05, 3.63) is 41.3 Å². The van der Waals surface area contributed by atoms with Gasteiger partial charge < -0.3 is 15.0 Å². The number of nitrogens with zero attached hydrogens (tertiary/aromatic N) is 5. The predicted octanol–water partition coefficient (Wildman–Crippen LogP) is 3.25. The standard InChI is InChI=1S/C23H27FN6O.ClH/c1-13-5-15-9-26-30(21(15)7-19(13)18-3-4-25-10-20(18)24)23-8-22(27-14(2)28-23)29-11-17-6-16(29)12-31-17;/h5,7-9,16-18,20,25H,3-4,6,10-12H2,1-2H3;1H/t16-,17-,18?,20?;/m0./s1. The summed E-state index contributed by atoms with van der Waals surface area (Å²) in [5, 5.41) is 8.84. The molecule has 2 bridgehead atoms. The second-order valence-corrected chi connectivity index (χ2v) is 9.07. The fourth-order valence-electron chi connectivity index (χ4n) is 5.43. The molecule has 0 aliphatic carbocycles. The number of morpholine rings is 1. The number of piperidine rings is 1. The number of rotatable bonds is 3. The van der Waals surface area contributed by atoms with Crippen molar-refractivity contribution in [1.29, 1.82) is 0 Å². The molecule has 1 N–H and O–H groups in total. The summed E-state index contributed by atoms with van der Waals surface area (Å²) in [5.74, 6) is 2.31. The number of ether oxygens (including phenoxy) is 1. The van der Waals surface area contributed by atoms with Gasteiger partial charge in [0.2, 0.25) is 0 Å². The molecule has 32 heavy (non-hydrogen) atoms. The quantitative estimate of drug-likeness (QED) is 0.649. The third kappa shape index (κ3) is 3.54. The Bertz CT molecular complexity index is 1150. The van der Waals surface area contributed by atoms with Crippen molar-refractivity contribution in [1.82, 2.24) is 25.1 Å². The fourth-order valence-corrected chi connectivity index (χ4v) is 5.43. The summed E-state index contributed by atoms with van der Waals surface area (Å²) < 4.78 is 22.3. The first kappa shape index (κ1) is 21.6. The molecule has 3 aromatic rings. The maximum absolute atomic E-state index is 14.7. The van der Waals surface area contributed by atoms with Crippen molar-refractivity contribution in [2.75, 3.05) is 31.1 Å². The minimum atomic E-state index is -0.873. The van der Waals surface area contributed by atoms with Gasteiger partial charge in [-0.1, -0.05) is 0 Å². The highest BCUT2D eigenvalue weighted by molar-refractivity contribution is 5.85. The van der Waals surface area contributed by atoms with E-state index in [4.69, 9.17) is 9.72 Å². The van der Waals surface area contributed by atoms with Gasteiger partial charge in [0.1, 0.15) is 17.8 Å². The Hall–Kier alpha value is -2.29. The van der Waals surface area contributed by atoms with Crippen molar-refractivity contribution in [2.45, 2.75) is 50.9 Å². The smallest absolute Gasteiger partial charge is 0.159 e. The van der Waals surface area contributed by atoms with Crippen LogP contribution in [-0.4, -0.2) is 64.3 Å². The van der Waals surface area contributed by atoms with Crippen LogP contribution in [0.4, 0.5) is 10.2 Å². The molecule has 6 rings (SSSR count). The highest BCUT2D eigenvalue weighted by Crippen LogP contribution is 2.35. The molecule has 3 aliphatic heterocycles. The van der Waals surface area contributed by atoms with Gasteiger partial charge >= 0.3 is 0 Å². The largest absolute Gasteiger partial charge is 0.374 e. The molecular weight excluding hydrogens is 431 g/mol. The lowest BCUT2D eigenvalue weighted by molar-refractivity contribution is 0.0988. The van der Waals surface area contributed by atoms with Crippen LogP contribution < -0.4 is 10.2 Å². The van der Waals surface area contributed by atoms with Crippen molar-refractivity contribution in [3.8, 4) is 5.82 Å². The minimum absolute atomic E-state index is 0. The molecule has 3 aliphatic rings. The molecule has 3 saturated heterocycles. The van der Waals surface area contributed by atoms with Crippen molar-refractivity contribution in [3.63, 3.8) is 0 Å². The number of alkyl halides is 1. The van der Waals surface area contributed by atoms with Crippen LogP contribution in [-0.2, 0) is 4.74 Å². The predicted molar refractivity (Wildman–Crippen MR) is 124 cm³/mol. The molecule has 4 atom stereocenters. The normalized spacial score (nSPS) is 27.2. The SMILES string of the molecule is Cc1nc(N2C[C@@H]3C[C@H]2CO3)cc(-n2ncc3cc(C)c(C4CCNCC4F)cc32)n1.Cl. The molecule has 0 saturated carbocycles. The Balaban J connectivity index is 0.00000216. The number of benzene rings is 1. The summed E-state index contributed by atoms with van der Waals surface area (Å²) in [5.41, 5.74) is 3.15. The fraction of sp³-hybridized carbons (Fsp3) is 0.522. The van der Waals surface area contributed by atoms with Crippen LogP contribution in [0.5, 0.6) is 0 Å². The van der Waals surface area contributed by atoms with Gasteiger partial charge in [-0.3, -0.25) is 0 Å². The van der Waals surface area contributed by atoms with Gasteiger partial charge in [-0.2, -0.15) is 5.10 Å². The summed E-state index contributed by atoms with van der Waals surface area (Å²) in [6.07, 6.45) is 3.16. The van der Waals surface area contributed by atoms with Gasteiger partial charge in [0.15, 0.2) is 5.82 Å². The summed E-state index contributed by atoms with van der Waals surface area (Å²) >= 11 is 0. The molecular formula is C23H28ClFN6O. The van der Waals surface area contributed by atoms with Crippen LogP contribution in [0.2, 0.25) is 0 Å². The Morgan fingerprint density at radius 2 is 2.00 bits per heavy atom. The van der Waals surface area contributed by atoms with Gasteiger partial charge in [0.25, 0.3) is 0 Å². The van der Waals surface area contributed by atoms with Crippen LogP contribution in [0.1, 0.15) is 35.7 Å². The van der Waals surface area contributed by atoms with E-state index in [-0.39, 0.29) is 18.3 Å². The highest BCUT2D eigenvalue weighted by atomic mass is 35.5. The van der Waals surface area contributed by atoms with Crippen LogP contribution >= 0.6 is 12.4 Å². The van der Waals surface area contributed by atoms with Gasteiger partial charge in [-0.25, -0.2) is 19.0 Å². The number of anilines is 1. The maximum atomic E-state index is 14.7. The third-order valence-electron chi connectivity index (χ3n) is 6.99. The first-order valence-corrected chi connectivity index (χ1v) is 11.1. The Kier molecular flexibility index (Phi) is 5.55.